The Morgan fingerprint density at radius 3 is 2.90 bits per heavy atom. The van der Waals surface area contributed by atoms with E-state index in [4.69, 9.17) is 0 Å². The summed E-state index contributed by atoms with van der Waals surface area (Å²) >= 11 is 0. The van der Waals surface area contributed by atoms with E-state index in [2.05, 4.69) is 57.1 Å². The van der Waals surface area contributed by atoms with Crippen LogP contribution in [0.5, 0.6) is 0 Å². The Hall–Kier alpha value is -2.49. The lowest BCUT2D eigenvalue weighted by molar-refractivity contribution is 0.847. The molecule has 0 radical (unpaired) electrons. The molecule has 4 heteroatoms. The molecule has 1 aromatic carbocycles. The summed E-state index contributed by atoms with van der Waals surface area (Å²) in [6.07, 6.45) is 4.72. The lowest BCUT2D eigenvalue weighted by atomic mass is 10.1. The Morgan fingerprint density at radius 1 is 1.10 bits per heavy atom. The van der Waals surface area contributed by atoms with Crippen molar-refractivity contribution in [2.45, 2.75) is 26.4 Å². The minimum absolute atomic E-state index is 0.811. The molecule has 0 N–H and O–H groups in total. The molecule has 1 aliphatic rings. The molecule has 3 heterocycles. The highest BCUT2D eigenvalue weighted by Crippen LogP contribution is 2.30. The van der Waals surface area contributed by atoms with Gasteiger partial charge in [0.1, 0.15) is 11.6 Å². The average Bonchev–Trinajstić information content (AvgIpc) is 2.97. The van der Waals surface area contributed by atoms with Crippen molar-refractivity contribution >= 4 is 16.6 Å². The molecule has 4 rings (SSSR count). The molecule has 0 spiro atoms. The van der Waals surface area contributed by atoms with Gasteiger partial charge in [-0.25, -0.2) is 15.0 Å². The van der Waals surface area contributed by atoms with Crippen molar-refractivity contribution in [1.82, 2.24) is 15.0 Å². The van der Waals surface area contributed by atoms with Crippen LogP contribution in [-0.2, 0) is 19.5 Å². The lowest BCUT2D eigenvalue weighted by Gasteiger charge is -2.18. The van der Waals surface area contributed by atoms with Gasteiger partial charge in [-0.2, -0.15) is 0 Å². The highest BCUT2D eigenvalue weighted by atomic mass is 15.2. The molecule has 0 saturated carbocycles. The largest absolute Gasteiger partial charge is 0.346 e. The Labute approximate surface area is 123 Å². The molecule has 3 aromatic rings. The van der Waals surface area contributed by atoms with Crippen molar-refractivity contribution in [1.29, 1.82) is 0 Å². The molecule has 0 amide bonds. The first-order valence-corrected chi connectivity index (χ1v) is 7.27. The first kappa shape index (κ1) is 12.3. The van der Waals surface area contributed by atoms with Crippen molar-refractivity contribution in [3.8, 4) is 0 Å². The van der Waals surface area contributed by atoms with Gasteiger partial charge in [0, 0.05) is 36.3 Å². The number of hydrogen-bond donors (Lipinski definition) is 0. The van der Waals surface area contributed by atoms with E-state index in [0.29, 0.717) is 0 Å². The second-order valence-corrected chi connectivity index (χ2v) is 5.32. The molecule has 104 valence electrons. The van der Waals surface area contributed by atoms with Gasteiger partial charge in [0.15, 0.2) is 0 Å². The van der Waals surface area contributed by atoms with E-state index in [9.17, 15) is 0 Å². The fourth-order valence-electron chi connectivity index (χ4n) is 2.87. The summed E-state index contributed by atoms with van der Waals surface area (Å²) < 4.78 is 0. The number of pyridine rings is 1. The van der Waals surface area contributed by atoms with Gasteiger partial charge in [-0.1, -0.05) is 31.2 Å². The smallest absolute Gasteiger partial charge is 0.137 e. The summed E-state index contributed by atoms with van der Waals surface area (Å²) in [6, 6.07) is 10.4. The summed E-state index contributed by atoms with van der Waals surface area (Å²) in [5.41, 5.74) is 2.35. The van der Waals surface area contributed by atoms with Crippen LogP contribution >= 0.6 is 0 Å². The normalized spacial score (nSPS) is 13.7. The Morgan fingerprint density at radius 2 is 2.00 bits per heavy atom. The molecule has 0 unspecified atom stereocenters. The maximum atomic E-state index is 4.65. The number of aromatic nitrogens is 3. The van der Waals surface area contributed by atoms with Crippen LogP contribution in [0.15, 0.2) is 42.7 Å². The molecule has 21 heavy (non-hydrogen) atoms. The zero-order valence-electron chi connectivity index (χ0n) is 12.0. The third-order valence-corrected chi connectivity index (χ3v) is 3.97. The number of nitrogens with zero attached hydrogens (tertiary/aromatic N) is 4. The van der Waals surface area contributed by atoms with E-state index in [-0.39, 0.29) is 0 Å². The zero-order valence-corrected chi connectivity index (χ0v) is 12.0. The summed E-state index contributed by atoms with van der Waals surface area (Å²) in [7, 11) is 0. The summed E-state index contributed by atoms with van der Waals surface area (Å²) in [5.74, 6) is 1.95. The van der Waals surface area contributed by atoms with Crippen LogP contribution in [0.1, 0.15) is 24.0 Å². The summed E-state index contributed by atoms with van der Waals surface area (Å²) in [6.45, 7) is 3.73. The topological polar surface area (TPSA) is 41.9 Å². The van der Waals surface area contributed by atoms with Gasteiger partial charge >= 0.3 is 0 Å². The van der Waals surface area contributed by atoms with E-state index in [1.807, 2.05) is 12.4 Å². The standard InChI is InChI=1S/C17H16N4/c1-2-16-19-9-13-10-21(11-15(13)20-16)17-14-6-4-3-5-12(14)7-8-18-17/h3-9H,2,10-11H2,1H3. The first-order chi connectivity index (χ1) is 10.3. The summed E-state index contributed by atoms with van der Waals surface area (Å²) in [4.78, 5) is 15.9. The second-order valence-electron chi connectivity index (χ2n) is 5.32. The molecule has 2 aromatic heterocycles. The van der Waals surface area contributed by atoms with Crippen LogP contribution in [0.25, 0.3) is 10.8 Å². The molecule has 0 bridgehead atoms. The van der Waals surface area contributed by atoms with Gasteiger partial charge in [-0.3, -0.25) is 0 Å². The van der Waals surface area contributed by atoms with Crippen LogP contribution < -0.4 is 4.90 Å². The summed E-state index contributed by atoms with van der Waals surface area (Å²) in [5, 5.41) is 2.41. The number of anilines is 1. The fraction of sp³-hybridized carbons (Fsp3) is 0.235. The molecule has 0 saturated heterocycles. The van der Waals surface area contributed by atoms with Crippen molar-refractivity contribution in [3.63, 3.8) is 0 Å². The van der Waals surface area contributed by atoms with Crippen molar-refractivity contribution in [3.05, 3.63) is 59.8 Å². The third-order valence-electron chi connectivity index (χ3n) is 3.97. The molecule has 0 fully saturated rings. The fourth-order valence-corrected chi connectivity index (χ4v) is 2.87. The molecular weight excluding hydrogens is 260 g/mol. The second kappa shape index (κ2) is 4.81. The van der Waals surface area contributed by atoms with E-state index in [0.717, 1.165) is 36.8 Å². The lowest BCUT2D eigenvalue weighted by Crippen LogP contribution is -2.16. The minimum atomic E-state index is 0.811. The van der Waals surface area contributed by atoms with Gasteiger partial charge in [0.05, 0.1) is 12.2 Å². The van der Waals surface area contributed by atoms with Gasteiger partial charge in [0.2, 0.25) is 0 Å². The van der Waals surface area contributed by atoms with E-state index < -0.39 is 0 Å². The molecule has 1 aliphatic heterocycles. The molecule has 0 aliphatic carbocycles. The highest BCUT2D eigenvalue weighted by molar-refractivity contribution is 5.92. The van der Waals surface area contributed by atoms with Crippen LogP contribution in [-0.4, -0.2) is 15.0 Å². The van der Waals surface area contributed by atoms with E-state index >= 15 is 0 Å². The van der Waals surface area contributed by atoms with Gasteiger partial charge < -0.3 is 4.90 Å². The van der Waals surface area contributed by atoms with Gasteiger partial charge in [-0.15, -0.1) is 0 Å². The number of hydrogen-bond acceptors (Lipinski definition) is 4. The van der Waals surface area contributed by atoms with E-state index in [1.165, 1.54) is 16.3 Å². The Balaban J connectivity index is 1.75. The van der Waals surface area contributed by atoms with Crippen LogP contribution in [0.2, 0.25) is 0 Å². The van der Waals surface area contributed by atoms with Crippen molar-refractivity contribution in [2.75, 3.05) is 4.90 Å². The maximum absolute atomic E-state index is 4.65. The van der Waals surface area contributed by atoms with Crippen molar-refractivity contribution in [2.24, 2.45) is 0 Å². The van der Waals surface area contributed by atoms with Gasteiger partial charge in [0.25, 0.3) is 0 Å². The van der Waals surface area contributed by atoms with Crippen molar-refractivity contribution < 1.29 is 0 Å². The predicted molar refractivity (Wildman–Crippen MR) is 83.0 cm³/mol. The SMILES string of the molecule is CCc1ncc2c(n1)CN(c1nccc3ccccc13)C2. The zero-order chi connectivity index (χ0) is 14.2. The molecule has 0 atom stereocenters. The Kier molecular flexibility index (Phi) is 2.81. The quantitative estimate of drug-likeness (QED) is 0.721. The van der Waals surface area contributed by atoms with Crippen LogP contribution in [0.3, 0.4) is 0 Å². The first-order valence-electron chi connectivity index (χ1n) is 7.27. The third kappa shape index (κ3) is 2.03. The monoisotopic (exact) mass is 276 g/mol. The van der Waals surface area contributed by atoms with Gasteiger partial charge in [-0.05, 0) is 11.5 Å². The van der Waals surface area contributed by atoms with E-state index in [1.54, 1.807) is 0 Å². The number of fused-ring (bicyclic) bond motifs is 2. The highest BCUT2D eigenvalue weighted by Gasteiger charge is 2.23. The van der Waals surface area contributed by atoms with Crippen LogP contribution in [0.4, 0.5) is 5.82 Å². The molecular formula is C17H16N4. The minimum Gasteiger partial charge on any atom is -0.346 e. The molecule has 4 nitrogen and oxygen atoms in total. The Bertz CT molecular complexity index is 807. The average molecular weight is 276 g/mol. The maximum Gasteiger partial charge on any atom is 0.137 e. The number of benzene rings is 1. The van der Waals surface area contributed by atoms with Crippen LogP contribution in [0, 0.1) is 0 Å². The predicted octanol–water partition coefficient (Wildman–Crippen LogP) is 3.11. The number of aryl methyl sites for hydroxylation is 1. The number of rotatable bonds is 2.